The predicted molar refractivity (Wildman–Crippen MR) is 113 cm³/mol. The van der Waals surface area contributed by atoms with Crippen LogP contribution in [0, 0.1) is 0 Å². The Morgan fingerprint density at radius 3 is 2.41 bits per heavy atom. The molecule has 1 aliphatic rings. The van der Waals surface area contributed by atoms with Crippen LogP contribution in [0.2, 0.25) is 0 Å². The Hall–Kier alpha value is -3.12. The molecule has 0 bridgehead atoms. The van der Waals surface area contributed by atoms with E-state index in [9.17, 15) is 9.59 Å². The maximum atomic E-state index is 12.5. The molecule has 1 aliphatic heterocycles. The van der Waals surface area contributed by atoms with Gasteiger partial charge in [0.05, 0.1) is 20.3 Å². The van der Waals surface area contributed by atoms with E-state index in [-0.39, 0.29) is 0 Å². The Morgan fingerprint density at radius 2 is 1.72 bits per heavy atom. The Morgan fingerprint density at radius 1 is 1.03 bits per heavy atom. The fourth-order valence-electron chi connectivity index (χ4n) is 3.58. The number of ether oxygens (including phenoxy) is 3. The van der Waals surface area contributed by atoms with Crippen molar-refractivity contribution in [3.05, 3.63) is 48.0 Å². The Labute approximate surface area is 170 Å². The molecule has 0 aromatic heterocycles. The second-order valence-corrected chi connectivity index (χ2v) is 6.66. The molecule has 2 aromatic carbocycles. The number of amides is 2. The van der Waals surface area contributed by atoms with Gasteiger partial charge < -0.3 is 14.2 Å². The summed E-state index contributed by atoms with van der Waals surface area (Å²) in [5.41, 5.74) is 3.33. The Kier molecular flexibility index (Phi) is 6.34. The third-order valence-electron chi connectivity index (χ3n) is 4.96. The van der Waals surface area contributed by atoms with Crippen molar-refractivity contribution in [2.45, 2.75) is 20.3 Å². The minimum atomic E-state index is -0.586. The van der Waals surface area contributed by atoms with Gasteiger partial charge >= 0.3 is 12.5 Å². The number of hydrogen-bond donors (Lipinski definition) is 0. The van der Waals surface area contributed by atoms with E-state index in [1.165, 1.54) is 7.11 Å². The van der Waals surface area contributed by atoms with Crippen molar-refractivity contribution in [3.8, 4) is 22.6 Å². The maximum absolute atomic E-state index is 12.5. The Balaban J connectivity index is 2.08. The van der Waals surface area contributed by atoms with Crippen molar-refractivity contribution in [2.75, 3.05) is 26.9 Å². The number of nitrogens with zero attached hydrogens (tertiary/aromatic N) is 1. The molecule has 0 saturated carbocycles. The average molecular weight is 396 g/mol. The number of hydrogen-bond acceptors (Lipinski definition) is 5. The topological polar surface area (TPSA) is 61.8 Å². The molecule has 1 unspecified atom stereocenters. The van der Waals surface area contributed by atoms with Crippen molar-refractivity contribution in [1.29, 1.82) is 0 Å². The highest BCUT2D eigenvalue weighted by Gasteiger charge is 2.43. The summed E-state index contributed by atoms with van der Waals surface area (Å²) >= 11 is 0. The highest BCUT2D eigenvalue weighted by atomic mass is 16.5. The molecule has 1 heterocycles. The van der Waals surface area contributed by atoms with Gasteiger partial charge in [-0.1, -0.05) is 18.2 Å². The van der Waals surface area contributed by atoms with Crippen LogP contribution in [-0.2, 0) is 9.53 Å². The lowest BCUT2D eigenvalue weighted by Crippen LogP contribution is -2.53. The lowest BCUT2D eigenvalue weighted by Gasteiger charge is -2.26. The van der Waals surface area contributed by atoms with Gasteiger partial charge in [0.1, 0.15) is 6.54 Å². The average Bonchev–Trinajstić information content (AvgIpc) is 2.94. The molecule has 2 aromatic rings. The van der Waals surface area contributed by atoms with Gasteiger partial charge in [-0.2, -0.15) is 4.79 Å². The first kappa shape index (κ1) is 20.6. The molecule has 29 heavy (non-hydrogen) atoms. The number of fused-ring (bicyclic) bond motifs is 1. The van der Waals surface area contributed by atoms with Gasteiger partial charge in [-0.05, 0) is 49.2 Å². The molecular weight excluding hydrogens is 370 g/mol. The standard InChI is InChI=1S/C23H26NO5/c1-4-28-21-12-10-18(15-22(21)29-5-2)17-9-11-20-19(14-17)8-6-7-13-24(20,16-25)23(26)27-3/h6,8-12,14-16H,4-5,7,13H2,1-3H3/q+1. The van der Waals surface area contributed by atoms with Crippen LogP contribution in [0.5, 0.6) is 11.5 Å². The van der Waals surface area contributed by atoms with Gasteiger partial charge in [-0.15, -0.1) is 4.48 Å². The smallest absolute Gasteiger partial charge is 0.490 e. The van der Waals surface area contributed by atoms with Crippen LogP contribution in [0.4, 0.5) is 10.5 Å². The fraction of sp³-hybridized carbons (Fsp3) is 0.304. The summed E-state index contributed by atoms with van der Waals surface area (Å²) in [6.45, 7) is 5.29. The van der Waals surface area contributed by atoms with Crippen LogP contribution in [0.25, 0.3) is 17.2 Å². The molecule has 0 aliphatic carbocycles. The van der Waals surface area contributed by atoms with E-state index >= 15 is 0 Å². The predicted octanol–water partition coefficient (Wildman–Crippen LogP) is 4.80. The summed E-state index contributed by atoms with van der Waals surface area (Å²) in [6.07, 6.45) is 4.58. The molecule has 152 valence electrons. The normalized spacial score (nSPS) is 17.8. The summed E-state index contributed by atoms with van der Waals surface area (Å²) in [5, 5.41) is 0. The number of rotatable bonds is 6. The third-order valence-corrected chi connectivity index (χ3v) is 4.96. The number of carbonyl (C=O) groups is 2. The van der Waals surface area contributed by atoms with Gasteiger partial charge in [0.15, 0.2) is 17.2 Å². The monoisotopic (exact) mass is 396 g/mol. The van der Waals surface area contributed by atoms with Crippen molar-refractivity contribution >= 4 is 24.3 Å². The summed E-state index contributed by atoms with van der Waals surface area (Å²) < 4.78 is 15.8. The summed E-state index contributed by atoms with van der Waals surface area (Å²) in [7, 11) is 1.30. The number of imide groups is 1. The van der Waals surface area contributed by atoms with E-state index in [0.29, 0.717) is 49.8 Å². The van der Waals surface area contributed by atoms with E-state index in [4.69, 9.17) is 14.2 Å². The van der Waals surface area contributed by atoms with Crippen molar-refractivity contribution < 1.29 is 23.8 Å². The molecule has 2 amide bonds. The lowest BCUT2D eigenvalue weighted by atomic mass is 10.0. The zero-order valence-corrected chi connectivity index (χ0v) is 17.0. The van der Waals surface area contributed by atoms with Crippen LogP contribution >= 0.6 is 0 Å². The van der Waals surface area contributed by atoms with E-state index < -0.39 is 10.6 Å². The molecule has 0 fully saturated rings. The molecule has 0 radical (unpaired) electrons. The number of carbonyl (C=O) groups excluding carboxylic acids is 2. The third kappa shape index (κ3) is 3.89. The zero-order valence-electron chi connectivity index (χ0n) is 17.0. The summed E-state index contributed by atoms with van der Waals surface area (Å²) in [4.78, 5) is 24.4. The quantitative estimate of drug-likeness (QED) is 0.519. The summed E-state index contributed by atoms with van der Waals surface area (Å²) in [6, 6.07) is 11.5. The fourth-order valence-corrected chi connectivity index (χ4v) is 3.58. The first-order chi connectivity index (χ1) is 14.1. The second-order valence-electron chi connectivity index (χ2n) is 6.66. The molecular formula is C23H26NO5+. The van der Waals surface area contributed by atoms with E-state index in [1.54, 1.807) is 0 Å². The zero-order chi connectivity index (χ0) is 20.9. The molecule has 0 N–H and O–H groups in total. The van der Waals surface area contributed by atoms with Crippen molar-refractivity contribution in [2.24, 2.45) is 0 Å². The van der Waals surface area contributed by atoms with E-state index in [0.717, 1.165) is 16.7 Å². The highest BCUT2D eigenvalue weighted by Crippen LogP contribution is 2.37. The van der Waals surface area contributed by atoms with Gasteiger partial charge in [-0.25, -0.2) is 4.79 Å². The lowest BCUT2D eigenvalue weighted by molar-refractivity contribution is -0.116. The van der Waals surface area contributed by atoms with Gasteiger partial charge in [0, 0.05) is 18.1 Å². The highest BCUT2D eigenvalue weighted by molar-refractivity contribution is 5.99. The number of benzene rings is 2. The number of quaternary nitrogens is 1. The minimum Gasteiger partial charge on any atom is -0.490 e. The summed E-state index contributed by atoms with van der Waals surface area (Å²) in [5.74, 6) is 1.39. The van der Waals surface area contributed by atoms with Gasteiger partial charge in [0.2, 0.25) is 0 Å². The maximum Gasteiger partial charge on any atom is 0.528 e. The Bertz CT molecular complexity index is 937. The van der Waals surface area contributed by atoms with Crippen LogP contribution in [-0.4, -0.2) is 39.4 Å². The van der Waals surface area contributed by atoms with Crippen molar-refractivity contribution in [3.63, 3.8) is 0 Å². The van der Waals surface area contributed by atoms with Crippen LogP contribution < -0.4 is 14.0 Å². The molecule has 6 heteroatoms. The molecule has 1 atom stereocenters. The minimum absolute atomic E-state index is 0.330. The van der Waals surface area contributed by atoms with Crippen LogP contribution in [0.1, 0.15) is 25.8 Å². The van der Waals surface area contributed by atoms with Crippen LogP contribution in [0.15, 0.2) is 42.5 Å². The molecule has 0 spiro atoms. The molecule has 3 rings (SSSR count). The molecule has 0 saturated heterocycles. The first-order valence-corrected chi connectivity index (χ1v) is 9.73. The second kappa shape index (κ2) is 8.92. The van der Waals surface area contributed by atoms with E-state index in [1.807, 2.05) is 62.4 Å². The number of methoxy groups -OCH3 is 1. The first-order valence-electron chi connectivity index (χ1n) is 9.73. The van der Waals surface area contributed by atoms with Gasteiger partial charge in [0.25, 0.3) is 0 Å². The molecule has 6 nitrogen and oxygen atoms in total. The SMILES string of the molecule is CCOc1ccc(-c2ccc3c(c2)C=CCC[N+]3(C=O)C(=O)OC)cc1OCC. The van der Waals surface area contributed by atoms with Gasteiger partial charge in [-0.3, -0.25) is 0 Å². The van der Waals surface area contributed by atoms with Crippen LogP contribution in [0.3, 0.4) is 0 Å². The largest absolute Gasteiger partial charge is 0.528 e. The van der Waals surface area contributed by atoms with Crippen molar-refractivity contribution in [1.82, 2.24) is 4.48 Å². The van der Waals surface area contributed by atoms with E-state index in [2.05, 4.69) is 0 Å².